The number of aromatic nitrogens is 2. The summed E-state index contributed by atoms with van der Waals surface area (Å²) in [6.45, 7) is 0. The van der Waals surface area contributed by atoms with Crippen LogP contribution in [0.15, 0.2) is 12.4 Å². The molecule has 1 heterocycles. The van der Waals surface area contributed by atoms with Crippen molar-refractivity contribution in [2.24, 2.45) is 0 Å². The fourth-order valence-corrected chi connectivity index (χ4v) is 1.19. The Kier molecular flexibility index (Phi) is 3.56. The first-order valence-electron chi connectivity index (χ1n) is 3.85. The van der Waals surface area contributed by atoms with Gasteiger partial charge in [0, 0.05) is 19.4 Å². The van der Waals surface area contributed by atoms with Gasteiger partial charge < -0.3 is 4.74 Å². The summed E-state index contributed by atoms with van der Waals surface area (Å²) in [4.78, 5) is 18.7. The van der Waals surface area contributed by atoms with Gasteiger partial charge in [0.2, 0.25) is 10.9 Å². The minimum Gasteiger partial charge on any atom is -0.464 e. The molecular weight excluding hydrogens is 222 g/mol. The van der Waals surface area contributed by atoms with Gasteiger partial charge in [0.15, 0.2) is 11.5 Å². The lowest BCUT2D eigenvalue weighted by Crippen LogP contribution is -2.20. The van der Waals surface area contributed by atoms with Crippen LogP contribution in [0.2, 0.25) is 0 Å². The molecule has 0 N–H and O–H groups in total. The summed E-state index contributed by atoms with van der Waals surface area (Å²) in [5.74, 6) is -0.790. The summed E-state index contributed by atoms with van der Waals surface area (Å²) < 4.78 is 26.7. The van der Waals surface area contributed by atoms with E-state index in [9.17, 15) is 13.2 Å². The lowest BCUT2D eigenvalue weighted by molar-refractivity contribution is 0.0594. The van der Waals surface area contributed by atoms with Crippen molar-refractivity contribution in [1.82, 2.24) is 9.97 Å². The van der Waals surface area contributed by atoms with Crippen molar-refractivity contribution in [3.05, 3.63) is 18.1 Å². The lowest BCUT2D eigenvalue weighted by Gasteiger charge is -2.11. The van der Waals surface area contributed by atoms with Crippen LogP contribution < -0.4 is 4.31 Å². The number of carbonyl (C=O) groups is 1. The molecule has 1 rings (SSSR count). The summed E-state index contributed by atoms with van der Waals surface area (Å²) in [5.41, 5.74) is -0.137. The minimum atomic E-state index is -2.86. The van der Waals surface area contributed by atoms with E-state index in [1.165, 1.54) is 26.6 Å². The monoisotopic (exact) mass is 231 g/mol. The van der Waals surface area contributed by atoms with E-state index < -0.39 is 16.9 Å². The predicted octanol–water partition coefficient (Wildman–Crippen LogP) is -0.774. The number of methoxy groups -OCH3 is 1. The fourth-order valence-electron chi connectivity index (χ4n) is 0.886. The van der Waals surface area contributed by atoms with Gasteiger partial charge in [-0.05, 0) is 0 Å². The van der Waals surface area contributed by atoms with Gasteiger partial charge in [-0.25, -0.2) is 23.2 Å². The molecule has 0 saturated heterocycles. The molecule has 7 nitrogen and oxygen atoms in total. The highest BCUT2D eigenvalue weighted by Gasteiger charge is 2.18. The molecule has 82 valence electrons. The van der Waals surface area contributed by atoms with E-state index in [2.05, 4.69) is 14.7 Å². The van der Waals surface area contributed by atoms with E-state index in [0.29, 0.717) is 0 Å². The molecule has 0 atom stereocenters. The minimum absolute atomic E-state index is 0.0551. The number of hydrogen-bond acceptors (Lipinski definition) is 6. The Morgan fingerprint density at radius 1 is 1.40 bits per heavy atom. The highest BCUT2D eigenvalue weighted by molar-refractivity contribution is 7.74. The number of anilines is 1. The van der Waals surface area contributed by atoms with Crippen LogP contribution in [0.1, 0.15) is 10.5 Å². The van der Waals surface area contributed by atoms with Gasteiger partial charge in [-0.15, -0.1) is 0 Å². The molecule has 0 aliphatic carbocycles. The zero-order valence-electron chi connectivity index (χ0n) is 8.08. The van der Waals surface area contributed by atoms with E-state index in [0.717, 1.165) is 4.31 Å². The largest absolute Gasteiger partial charge is 0.464 e. The topological polar surface area (TPSA) is 89.5 Å². The van der Waals surface area contributed by atoms with Crippen LogP contribution in [0.3, 0.4) is 0 Å². The maximum absolute atomic E-state index is 11.2. The standard InChI is InChI=1S/C7H9N3O4S/c1-10(15(12)13)6-5(7(11)14-2)8-3-4-9-6/h3-4,15H,1-2H3. The van der Waals surface area contributed by atoms with Crippen LogP contribution in [0, 0.1) is 0 Å². The van der Waals surface area contributed by atoms with Gasteiger partial charge in [0.05, 0.1) is 7.11 Å². The molecular formula is C7H9N3O4S. The molecule has 0 bridgehead atoms. The molecule has 1 aromatic heterocycles. The van der Waals surface area contributed by atoms with Gasteiger partial charge in [-0.3, -0.25) is 4.31 Å². The average Bonchev–Trinajstić information content (AvgIpc) is 2.27. The SMILES string of the molecule is COC(=O)c1nccnc1N(C)[SH](=O)=O. The number of ether oxygens (including phenoxy) is 1. The Balaban J connectivity index is 3.23. The molecule has 0 unspecified atom stereocenters. The van der Waals surface area contributed by atoms with Crippen LogP contribution >= 0.6 is 0 Å². The van der Waals surface area contributed by atoms with Crippen LogP contribution in [-0.2, 0) is 15.6 Å². The van der Waals surface area contributed by atoms with Gasteiger partial charge in [0.1, 0.15) is 0 Å². The number of esters is 1. The van der Waals surface area contributed by atoms with E-state index in [-0.39, 0.29) is 11.5 Å². The molecule has 0 spiro atoms. The molecule has 0 aliphatic rings. The van der Waals surface area contributed by atoms with Crippen molar-refractivity contribution < 1.29 is 17.9 Å². The van der Waals surface area contributed by atoms with E-state index >= 15 is 0 Å². The second-order valence-corrected chi connectivity index (χ2v) is 3.56. The highest BCUT2D eigenvalue weighted by Crippen LogP contribution is 2.13. The van der Waals surface area contributed by atoms with Crippen LogP contribution in [0.25, 0.3) is 0 Å². The number of thiol groups is 1. The quantitative estimate of drug-likeness (QED) is 0.542. The van der Waals surface area contributed by atoms with Gasteiger partial charge in [0.25, 0.3) is 0 Å². The molecule has 0 saturated carbocycles. The smallest absolute Gasteiger partial charge is 0.360 e. The van der Waals surface area contributed by atoms with Crippen molar-refractivity contribution >= 4 is 22.7 Å². The third-order valence-corrected chi connectivity index (χ3v) is 2.29. The number of hydrogen-bond donors (Lipinski definition) is 1. The second-order valence-electron chi connectivity index (χ2n) is 2.48. The maximum Gasteiger partial charge on any atom is 0.360 e. The first-order valence-corrected chi connectivity index (χ1v) is 4.98. The van der Waals surface area contributed by atoms with Crippen LogP contribution in [0.4, 0.5) is 5.82 Å². The molecule has 0 aliphatic heterocycles. The van der Waals surface area contributed by atoms with Crippen molar-refractivity contribution in [3.8, 4) is 0 Å². The first kappa shape index (κ1) is 11.4. The van der Waals surface area contributed by atoms with Crippen LogP contribution in [0.5, 0.6) is 0 Å². The van der Waals surface area contributed by atoms with Crippen LogP contribution in [-0.4, -0.2) is 38.5 Å². The summed E-state index contributed by atoms with van der Waals surface area (Å²) >= 11 is 0. The number of nitrogens with zero attached hydrogens (tertiary/aromatic N) is 3. The van der Waals surface area contributed by atoms with Crippen molar-refractivity contribution in [3.63, 3.8) is 0 Å². The zero-order valence-corrected chi connectivity index (χ0v) is 8.97. The Morgan fingerprint density at radius 3 is 2.53 bits per heavy atom. The Hall–Kier alpha value is -1.70. The summed E-state index contributed by atoms with van der Waals surface area (Å²) in [6.07, 6.45) is 2.57. The Morgan fingerprint density at radius 2 is 2.00 bits per heavy atom. The van der Waals surface area contributed by atoms with Gasteiger partial charge >= 0.3 is 5.97 Å². The summed E-state index contributed by atoms with van der Waals surface area (Å²) in [6, 6.07) is 0. The molecule has 1 aromatic rings. The van der Waals surface area contributed by atoms with Crippen molar-refractivity contribution in [2.75, 3.05) is 18.5 Å². The maximum atomic E-state index is 11.2. The first-order chi connectivity index (χ1) is 7.07. The molecule has 8 heteroatoms. The number of rotatable bonds is 3. The average molecular weight is 231 g/mol. The Bertz CT molecular complexity index is 438. The molecule has 0 fully saturated rings. The van der Waals surface area contributed by atoms with Crippen molar-refractivity contribution in [2.45, 2.75) is 0 Å². The summed E-state index contributed by atoms with van der Waals surface area (Å²) in [5, 5.41) is 0. The molecule has 0 aromatic carbocycles. The van der Waals surface area contributed by atoms with E-state index in [1.54, 1.807) is 0 Å². The third kappa shape index (κ3) is 2.40. The van der Waals surface area contributed by atoms with E-state index in [1.807, 2.05) is 0 Å². The predicted molar refractivity (Wildman–Crippen MR) is 52.1 cm³/mol. The zero-order chi connectivity index (χ0) is 11.4. The van der Waals surface area contributed by atoms with Crippen molar-refractivity contribution in [1.29, 1.82) is 0 Å². The fraction of sp³-hybridized carbons (Fsp3) is 0.286. The normalized spacial score (nSPS) is 10.1. The molecule has 0 radical (unpaired) electrons. The molecule has 0 amide bonds. The highest BCUT2D eigenvalue weighted by atomic mass is 32.2. The number of carbonyl (C=O) groups excluding carboxylic acids is 1. The second kappa shape index (κ2) is 4.69. The lowest BCUT2D eigenvalue weighted by atomic mass is 10.4. The molecule has 15 heavy (non-hydrogen) atoms. The Labute approximate surface area is 87.8 Å². The van der Waals surface area contributed by atoms with Gasteiger partial charge in [-0.1, -0.05) is 0 Å². The van der Waals surface area contributed by atoms with E-state index in [4.69, 9.17) is 0 Å². The van der Waals surface area contributed by atoms with Gasteiger partial charge in [-0.2, -0.15) is 0 Å². The third-order valence-electron chi connectivity index (χ3n) is 1.61. The summed E-state index contributed by atoms with van der Waals surface area (Å²) in [7, 11) is -0.416.